The van der Waals surface area contributed by atoms with Crippen molar-refractivity contribution in [2.45, 2.75) is 19.8 Å². The fourth-order valence-electron chi connectivity index (χ4n) is 0.623. The van der Waals surface area contributed by atoms with Crippen molar-refractivity contribution < 1.29 is 17.8 Å². The van der Waals surface area contributed by atoms with E-state index in [4.69, 9.17) is 0 Å². The predicted molar refractivity (Wildman–Crippen MR) is 43.6 cm³/mol. The zero-order valence-electron chi connectivity index (χ0n) is 6.87. The van der Waals surface area contributed by atoms with Crippen molar-refractivity contribution in [1.29, 1.82) is 0 Å². The summed E-state index contributed by atoms with van der Waals surface area (Å²) in [5, 5.41) is 0. The van der Waals surface area contributed by atoms with E-state index in [1.807, 2.05) is 0 Å². The second kappa shape index (κ2) is 4.37. The molecule has 0 unspecified atom stereocenters. The van der Waals surface area contributed by atoms with Gasteiger partial charge in [-0.05, 0) is 18.9 Å². The van der Waals surface area contributed by atoms with E-state index in [0.29, 0.717) is 5.57 Å². The Hall–Kier alpha value is -0.680. The number of carbonyl (C=O) groups is 1. The molecule has 0 aliphatic carbocycles. The lowest BCUT2D eigenvalue weighted by molar-refractivity contribution is -0.115. The molecule has 0 aromatic carbocycles. The first-order chi connectivity index (χ1) is 5.33. The lowest BCUT2D eigenvalue weighted by Crippen LogP contribution is -2.07. The van der Waals surface area contributed by atoms with Gasteiger partial charge < -0.3 is 4.55 Å². The molecule has 0 N–H and O–H groups in total. The molecule has 0 radical (unpaired) electrons. The van der Waals surface area contributed by atoms with Crippen molar-refractivity contribution in [2.75, 3.05) is 5.75 Å². The summed E-state index contributed by atoms with van der Waals surface area (Å²) in [4.78, 5) is 10.8. The highest BCUT2D eigenvalue weighted by Gasteiger charge is 2.03. The molecule has 0 amide bonds. The number of ketones is 1. The second-order valence-electron chi connectivity index (χ2n) is 2.57. The van der Waals surface area contributed by atoms with E-state index in [0.717, 1.165) is 0 Å². The van der Waals surface area contributed by atoms with E-state index in [1.54, 1.807) is 6.92 Å². The van der Waals surface area contributed by atoms with Gasteiger partial charge in [-0.3, -0.25) is 4.79 Å². The van der Waals surface area contributed by atoms with E-state index < -0.39 is 15.9 Å². The third-order valence-electron chi connectivity index (χ3n) is 1.27. The molecule has 0 aliphatic heterocycles. The molecular weight excluding hydrogens is 180 g/mol. The maximum Gasteiger partial charge on any atom is 0.158 e. The molecule has 0 fully saturated rings. The smallest absolute Gasteiger partial charge is 0.158 e. The molecule has 0 aromatic heterocycles. The van der Waals surface area contributed by atoms with Gasteiger partial charge in [0.2, 0.25) is 0 Å². The molecule has 0 spiro atoms. The van der Waals surface area contributed by atoms with Crippen molar-refractivity contribution in [1.82, 2.24) is 0 Å². The quantitative estimate of drug-likeness (QED) is 0.467. The van der Waals surface area contributed by atoms with Crippen LogP contribution in [0.1, 0.15) is 19.8 Å². The van der Waals surface area contributed by atoms with Gasteiger partial charge in [0.25, 0.3) is 0 Å². The third-order valence-corrected chi connectivity index (χ3v) is 2.06. The molecule has 0 aromatic rings. The lowest BCUT2D eigenvalue weighted by atomic mass is 10.1. The van der Waals surface area contributed by atoms with E-state index >= 15 is 0 Å². The molecule has 0 saturated heterocycles. The molecule has 0 saturated carbocycles. The SMILES string of the molecule is C=C(C)C(=O)CCCS(=O)(=O)[O-]. The molecular formula is C7H11O4S-. The normalized spacial score (nSPS) is 11.2. The summed E-state index contributed by atoms with van der Waals surface area (Å²) < 4.78 is 30.3. The maximum atomic E-state index is 10.8. The van der Waals surface area contributed by atoms with Crippen molar-refractivity contribution in [3.8, 4) is 0 Å². The van der Waals surface area contributed by atoms with Crippen LogP contribution in [0.25, 0.3) is 0 Å². The highest BCUT2D eigenvalue weighted by atomic mass is 32.2. The van der Waals surface area contributed by atoms with Gasteiger partial charge in [0.15, 0.2) is 5.78 Å². The van der Waals surface area contributed by atoms with Gasteiger partial charge in [-0.1, -0.05) is 6.58 Å². The predicted octanol–water partition coefficient (Wildman–Crippen LogP) is 0.457. The van der Waals surface area contributed by atoms with Gasteiger partial charge in [0.1, 0.15) is 0 Å². The Bertz CT molecular complexity index is 276. The van der Waals surface area contributed by atoms with Crippen molar-refractivity contribution >= 4 is 15.9 Å². The number of carbonyl (C=O) groups excluding carboxylic acids is 1. The Balaban J connectivity index is 3.73. The largest absolute Gasteiger partial charge is 0.748 e. The third kappa shape index (κ3) is 6.06. The highest BCUT2D eigenvalue weighted by molar-refractivity contribution is 7.85. The summed E-state index contributed by atoms with van der Waals surface area (Å²) in [5.74, 6) is -0.676. The van der Waals surface area contributed by atoms with Crippen LogP contribution in [-0.2, 0) is 14.9 Å². The summed E-state index contributed by atoms with van der Waals surface area (Å²) in [7, 11) is -4.18. The zero-order chi connectivity index (χ0) is 9.78. The number of hydrogen-bond acceptors (Lipinski definition) is 4. The minimum Gasteiger partial charge on any atom is -0.748 e. The molecule has 70 valence electrons. The summed E-state index contributed by atoms with van der Waals surface area (Å²) in [6.45, 7) is 4.94. The second-order valence-corrected chi connectivity index (χ2v) is 4.09. The van der Waals surface area contributed by atoms with Gasteiger partial charge >= 0.3 is 0 Å². The van der Waals surface area contributed by atoms with E-state index in [2.05, 4.69) is 6.58 Å². The topological polar surface area (TPSA) is 74.3 Å². The van der Waals surface area contributed by atoms with E-state index in [1.165, 1.54) is 0 Å². The number of Topliss-reactive ketones (excluding diaryl/α,β-unsaturated/α-hetero) is 1. The number of allylic oxidation sites excluding steroid dienone is 1. The molecule has 5 heteroatoms. The van der Waals surface area contributed by atoms with Crippen LogP contribution in [0.3, 0.4) is 0 Å². The molecule has 0 aliphatic rings. The summed E-state index contributed by atoms with van der Waals surface area (Å²) in [5.41, 5.74) is 0.387. The standard InChI is InChI=1S/C7H12O4S/c1-6(2)7(8)4-3-5-12(9,10)11/h1,3-5H2,2H3,(H,9,10,11)/p-1. The van der Waals surface area contributed by atoms with E-state index in [9.17, 15) is 17.8 Å². The monoisotopic (exact) mass is 191 g/mol. The van der Waals surface area contributed by atoms with Gasteiger partial charge in [0, 0.05) is 12.2 Å². The van der Waals surface area contributed by atoms with Gasteiger partial charge in [0.05, 0.1) is 10.1 Å². The van der Waals surface area contributed by atoms with Crippen LogP contribution in [-0.4, -0.2) is 24.5 Å². The van der Waals surface area contributed by atoms with Crippen LogP contribution < -0.4 is 0 Å². The van der Waals surface area contributed by atoms with Crippen LogP contribution in [0.2, 0.25) is 0 Å². The Morgan fingerprint density at radius 1 is 1.50 bits per heavy atom. The van der Waals surface area contributed by atoms with Crippen LogP contribution >= 0.6 is 0 Å². The average Bonchev–Trinajstić information content (AvgIpc) is 1.84. The number of rotatable bonds is 5. The first-order valence-corrected chi connectivity index (χ1v) is 5.03. The summed E-state index contributed by atoms with van der Waals surface area (Å²) >= 11 is 0. The Kier molecular flexibility index (Phi) is 4.12. The fourth-order valence-corrected chi connectivity index (χ4v) is 1.12. The van der Waals surface area contributed by atoms with Crippen molar-refractivity contribution in [3.63, 3.8) is 0 Å². The summed E-state index contributed by atoms with van der Waals surface area (Å²) in [6, 6.07) is 0. The van der Waals surface area contributed by atoms with Crippen LogP contribution in [0, 0.1) is 0 Å². The maximum absolute atomic E-state index is 10.8. The van der Waals surface area contributed by atoms with Gasteiger partial charge in [-0.2, -0.15) is 0 Å². The average molecular weight is 191 g/mol. The van der Waals surface area contributed by atoms with Crippen molar-refractivity contribution in [2.24, 2.45) is 0 Å². The lowest BCUT2D eigenvalue weighted by Gasteiger charge is -2.04. The van der Waals surface area contributed by atoms with Crippen molar-refractivity contribution in [3.05, 3.63) is 12.2 Å². The molecule has 12 heavy (non-hydrogen) atoms. The van der Waals surface area contributed by atoms with Crippen LogP contribution in [0.4, 0.5) is 0 Å². The minimum atomic E-state index is -4.18. The minimum absolute atomic E-state index is 0.0802. The molecule has 4 nitrogen and oxygen atoms in total. The fraction of sp³-hybridized carbons (Fsp3) is 0.571. The molecule has 0 heterocycles. The zero-order valence-corrected chi connectivity index (χ0v) is 7.69. The van der Waals surface area contributed by atoms with Crippen LogP contribution in [0.15, 0.2) is 12.2 Å². The molecule has 0 rings (SSSR count). The van der Waals surface area contributed by atoms with Gasteiger partial charge in [-0.15, -0.1) is 0 Å². The summed E-state index contributed by atoms with van der Waals surface area (Å²) in [6.07, 6.45) is 0.161. The Morgan fingerprint density at radius 3 is 2.33 bits per heavy atom. The van der Waals surface area contributed by atoms with Gasteiger partial charge in [-0.25, -0.2) is 8.42 Å². The first-order valence-electron chi connectivity index (χ1n) is 3.45. The molecule has 0 bridgehead atoms. The van der Waals surface area contributed by atoms with Crippen LogP contribution in [0.5, 0.6) is 0 Å². The molecule has 0 atom stereocenters. The Morgan fingerprint density at radius 2 is 2.00 bits per heavy atom. The first kappa shape index (κ1) is 11.3. The highest BCUT2D eigenvalue weighted by Crippen LogP contribution is 2.00. The Labute approximate surface area is 72.0 Å². The number of hydrogen-bond donors (Lipinski definition) is 0. The van der Waals surface area contributed by atoms with E-state index in [-0.39, 0.29) is 18.6 Å².